The van der Waals surface area contributed by atoms with E-state index in [2.05, 4.69) is 0 Å². The lowest BCUT2D eigenvalue weighted by Gasteiger charge is -2.14. The molecule has 0 radical (unpaired) electrons. The highest BCUT2D eigenvalue weighted by molar-refractivity contribution is 4.57. The average molecular weight is 326 g/mol. The van der Waals surface area contributed by atoms with Crippen LogP contribution in [0.1, 0.15) is 19.8 Å². The van der Waals surface area contributed by atoms with E-state index in [-0.39, 0.29) is 19.8 Å². The molecule has 1 atom stereocenters. The normalized spacial score (nSPS) is 13.0. The fourth-order valence-electron chi connectivity index (χ4n) is 1.23. The maximum atomic E-state index is 10.6. The van der Waals surface area contributed by atoms with Crippen LogP contribution < -0.4 is 0 Å². The van der Waals surface area contributed by atoms with Gasteiger partial charge >= 0.3 is 5.66 Å². The lowest BCUT2D eigenvalue weighted by atomic mass is 10.2. The van der Waals surface area contributed by atoms with E-state index in [4.69, 9.17) is 19.3 Å². The molecule has 0 bridgehead atoms. The predicted molar refractivity (Wildman–Crippen MR) is 72.3 cm³/mol. The molecule has 11 heteroatoms. The highest BCUT2D eigenvalue weighted by atomic mass is 16.7. The van der Waals surface area contributed by atoms with Crippen molar-refractivity contribution in [2.45, 2.75) is 31.5 Å². The van der Waals surface area contributed by atoms with Crippen molar-refractivity contribution >= 4 is 0 Å². The maximum Gasteiger partial charge on any atom is 0.478 e. The number of nitro groups is 2. The molecule has 1 unspecified atom stereocenters. The van der Waals surface area contributed by atoms with Crippen molar-refractivity contribution in [3.05, 3.63) is 20.2 Å². The first-order chi connectivity index (χ1) is 10.3. The minimum atomic E-state index is -2.43. The van der Waals surface area contributed by atoms with Gasteiger partial charge in [0.05, 0.1) is 20.1 Å². The Labute approximate surface area is 127 Å². The highest BCUT2D eigenvalue weighted by Gasteiger charge is 2.51. The molecular formula is C11H22N2O9. The van der Waals surface area contributed by atoms with Crippen molar-refractivity contribution in [1.29, 1.82) is 0 Å². The van der Waals surface area contributed by atoms with Crippen LogP contribution in [0.5, 0.6) is 0 Å². The largest absolute Gasteiger partial charge is 0.478 e. The van der Waals surface area contributed by atoms with Gasteiger partial charge in [-0.25, -0.2) is 0 Å². The molecule has 0 aromatic heterocycles. The van der Waals surface area contributed by atoms with Crippen LogP contribution in [-0.2, 0) is 14.2 Å². The topological polar surface area (TPSA) is 154 Å². The molecule has 0 aliphatic heterocycles. The van der Waals surface area contributed by atoms with Crippen LogP contribution >= 0.6 is 0 Å². The van der Waals surface area contributed by atoms with Crippen molar-refractivity contribution < 1.29 is 34.3 Å². The van der Waals surface area contributed by atoms with Crippen LogP contribution in [0, 0.1) is 20.2 Å². The molecule has 0 spiro atoms. The molecule has 0 aromatic carbocycles. The number of hydrogen-bond acceptors (Lipinski definition) is 9. The summed E-state index contributed by atoms with van der Waals surface area (Å²) in [6.07, 6.45) is 0.384. The van der Waals surface area contributed by atoms with Gasteiger partial charge in [0, 0.05) is 13.2 Å². The molecule has 130 valence electrons. The Hall–Kier alpha value is -1.40. The number of rotatable bonds is 14. The van der Waals surface area contributed by atoms with Crippen molar-refractivity contribution in [2.75, 3.05) is 39.8 Å². The van der Waals surface area contributed by atoms with Crippen LogP contribution in [0.2, 0.25) is 0 Å². The van der Waals surface area contributed by atoms with Crippen molar-refractivity contribution in [3.8, 4) is 0 Å². The van der Waals surface area contributed by atoms with Gasteiger partial charge in [0.15, 0.2) is 6.61 Å². The summed E-state index contributed by atoms with van der Waals surface area (Å²) in [5, 5.41) is 39.2. The summed E-state index contributed by atoms with van der Waals surface area (Å²) in [4.78, 5) is 19.1. The number of nitrogens with zero attached hydrogens (tertiary/aromatic N) is 2. The fraction of sp³-hybridized carbons (Fsp3) is 1.00. The average Bonchev–Trinajstić information content (AvgIpc) is 2.45. The van der Waals surface area contributed by atoms with Gasteiger partial charge in [-0.05, 0) is 12.8 Å². The minimum Gasteiger partial charge on any atom is -0.396 e. The van der Waals surface area contributed by atoms with E-state index in [0.717, 1.165) is 6.92 Å². The standard InChI is InChI=1S/C11H22N2O9/c1-11(12(16)17,13(18)19)8-22-9-21-7-10(15)6-20-5-3-2-4-14/h10,14-15H,2-9H2,1H3. The Kier molecular flexibility index (Phi) is 10.5. The van der Waals surface area contributed by atoms with Gasteiger partial charge in [0.1, 0.15) is 22.7 Å². The Morgan fingerprint density at radius 1 is 1.09 bits per heavy atom. The second-order valence-electron chi connectivity index (χ2n) is 4.73. The first-order valence-corrected chi connectivity index (χ1v) is 6.65. The fourth-order valence-corrected chi connectivity index (χ4v) is 1.23. The Bertz CT molecular complexity index is 326. The zero-order valence-electron chi connectivity index (χ0n) is 12.4. The first kappa shape index (κ1) is 20.6. The van der Waals surface area contributed by atoms with Gasteiger partial charge in [0.2, 0.25) is 0 Å². The number of aliphatic hydroxyl groups excluding tert-OH is 2. The van der Waals surface area contributed by atoms with Crippen LogP contribution in [0.25, 0.3) is 0 Å². The molecule has 0 aliphatic rings. The number of unbranched alkanes of at least 4 members (excludes halogenated alkanes) is 1. The third kappa shape index (κ3) is 8.14. The molecule has 0 saturated heterocycles. The predicted octanol–water partition coefficient (Wildman–Crippen LogP) is -0.603. The van der Waals surface area contributed by atoms with E-state index < -0.39 is 35.0 Å². The van der Waals surface area contributed by atoms with Gasteiger partial charge in [-0.3, -0.25) is 20.2 Å². The van der Waals surface area contributed by atoms with Crippen LogP contribution in [0.15, 0.2) is 0 Å². The van der Waals surface area contributed by atoms with Gasteiger partial charge < -0.3 is 24.4 Å². The second kappa shape index (κ2) is 11.2. The highest BCUT2D eigenvalue weighted by Crippen LogP contribution is 2.10. The molecule has 2 N–H and O–H groups in total. The molecule has 22 heavy (non-hydrogen) atoms. The van der Waals surface area contributed by atoms with E-state index >= 15 is 0 Å². The molecule has 0 amide bonds. The molecule has 0 heterocycles. The minimum absolute atomic E-state index is 0.0347. The monoisotopic (exact) mass is 326 g/mol. The van der Waals surface area contributed by atoms with Gasteiger partial charge in [-0.2, -0.15) is 0 Å². The SMILES string of the molecule is CC(COCOCC(O)COCCCCO)([N+](=O)[O-])[N+](=O)[O-]. The summed E-state index contributed by atoms with van der Waals surface area (Å²) < 4.78 is 14.7. The summed E-state index contributed by atoms with van der Waals surface area (Å²) in [6.45, 7) is 0.0555. The van der Waals surface area contributed by atoms with Crippen molar-refractivity contribution in [3.63, 3.8) is 0 Å². The number of ether oxygens (including phenoxy) is 3. The summed E-state index contributed by atoms with van der Waals surface area (Å²) in [7, 11) is 0. The zero-order valence-corrected chi connectivity index (χ0v) is 12.4. The summed E-state index contributed by atoms with van der Waals surface area (Å²) in [5.41, 5.74) is -2.43. The number of aliphatic hydroxyl groups is 2. The van der Waals surface area contributed by atoms with Crippen LogP contribution in [0.4, 0.5) is 0 Å². The maximum absolute atomic E-state index is 10.6. The summed E-state index contributed by atoms with van der Waals surface area (Å²) in [5.74, 6) is 0. The van der Waals surface area contributed by atoms with E-state index in [1.165, 1.54) is 0 Å². The Balaban J connectivity index is 3.71. The van der Waals surface area contributed by atoms with Crippen LogP contribution in [-0.4, -0.2) is 71.7 Å². The molecule has 0 saturated carbocycles. The Morgan fingerprint density at radius 3 is 2.23 bits per heavy atom. The first-order valence-electron chi connectivity index (χ1n) is 6.65. The smallest absolute Gasteiger partial charge is 0.396 e. The third-order valence-corrected chi connectivity index (χ3v) is 2.65. The molecule has 0 aromatic rings. The van der Waals surface area contributed by atoms with Gasteiger partial charge in [-0.15, -0.1) is 0 Å². The number of hydrogen-bond donors (Lipinski definition) is 2. The third-order valence-electron chi connectivity index (χ3n) is 2.65. The molecular weight excluding hydrogens is 304 g/mol. The van der Waals surface area contributed by atoms with Gasteiger partial charge in [0.25, 0.3) is 0 Å². The van der Waals surface area contributed by atoms with E-state index in [1.807, 2.05) is 0 Å². The van der Waals surface area contributed by atoms with E-state index in [9.17, 15) is 25.3 Å². The van der Waals surface area contributed by atoms with Crippen LogP contribution in [0.3, 0.4) is 0 Å². The van der Waals surface area contributed by atoms with Crippen molar-refractivity contribution in [1.82, 2.24) is 0 Å². The molecule has 0 fully saturated rings. The van der Waals surface area contributed by atoms with E-state index in [0.29, 0.717) is 19.4 Å². The lowest BCUT2D eigenvalue weighted by Crippen LogP contribution is -2.47. The summed E-state index contributed by atoms with van der Waals surface area (Å²) >= 11 is 0. The Morgan fingerprint density at radius 2 is 1.68 bits per heavy atom. The van der Waals surface area contributed by atoms with E-state index in [1.54, 1.807) is 0 Å². The second-order valence-corrected chi connectivity index (χ2v) is 4.73. The quantitative estimate of drug-likeness (QED) is 0.184. The van der Waals surface area contributed by atoms with Gasteiger partial charge in [-0.1, -0.05) is 0 Å². The lowest BCUT2D eigenvalue weighted by molar-refractivity contribution is -0.794. The van der Waals surface area contributed by atoms with Crippen molar-refractivity contribution in [2.24, 2.45) is 0 Å². The summed E-state index contributed by atoms with van der Waals surface area (Å²) in [6, 6.07) is 0. The molecule has 0 aliphatic carbocycles. The zero-order chi connectivity index (χ0) is 17.0. The molecule has 0 rings (SSSR count). The molecule has 11 nitrogen and oxygen atoms in total.